The molecule has 0 amide bonds. The minimum atomic E-state index is 0.617. The van der Waals surface area contributed by atoms with Crippen LogP contribution in [0.5, 0.6) is 0 Å². The highest BCUT2D eigenvalue weighted by molar-refractivity contribution is 5.53. The van der Waals surface area contributed by atoms with E-state index in [-0.39, 0.29) is 0 Å². The summed E-state index contributed by atoms with van der Waals surface area (Å²) in [6.45, 7) is 4.14. The second-order valence-corrected chi connectivity index (χ2v) is 3.36. The van der Waals surface area contributed by atoms with Crippen LogP contribution >= 0.6 is 0 Å². The lowest BCUT2D eigenvalue weighted by atomic mass is 9.96. The van der Waals surface area contributed by atoms with E-state index >= 15 is 0 Å². The van der Waals surface area contributed by atoms with Crippen molar-refractivity contribution in [1.29, 1.82) is 0 Å². The van der Waals surface area contributed by atoms with E-state index < -0.39 is 0 Å². The van der Waals surface area contributed by atoms with E-state index in [0.717, 1.165) is 12.2 Å². The number of aryl methyl sites for hydroxylation is 1. The summed E-state index contributed by atoms with van der Waals surface area (Å²) in [6.07, 6.45) is 7.28. The number of aromatic nitrogens is 2. The molecule has 0 radical (unpaired) electrons. The number of allylic oxidation sites excluding steroid dienone is 1. The molecule has 1 heterocycles. The van der Waals surface area contributed by atoms with Gasteiger partial charge in [-0.25, -0.2) is 9.97 Å². The van der Waals surface area contributed by atoms with Crippen molar-refractivity contribution in [3.63, 3.8) is 0 Å². The molecule has 1 atom stereocenters. The van der Waals surface area contributed by atoms with E-state index in [1.165, 1.54) is 11.3 Å². The van der Waals surface area contributed by atoms with Crippen molar-refractivity contribution in [2.75, 3.05) is 0 Å². The molecule has 1 aliphatic carbocycles. The van der Waals surface area contributed by atoms with Crippen LogP contribution in [0.4, 0.5) is 0 Å². The number of hydrogen-bond acceptors (Lipinski definition) is 2. The summed E-state index contributed by atoms with van der Waals surface area (Å²) in [5, 5.41) is 0. The number of nitrogens with zero attached hydrogens (tertiary/aromatic N) is 2. The Bertz CT molecular complexity index is 329. The van der Waals surface area contributed by atoms with E-state index in [2.05, 4.69) is 29.0 Å². The van der Waals surface area contributed by atoms with Crippen LogP contribution in [0.1, 0.15) is 24.0 Å². The molecule has 0 N–H and O–H groups in total. The van der Waals surface area contributed by atoms with Crippen LogP contribution in [0, 0.1) is 12.8 Å². The first-order chi connectivity index (χ1) is 5.75. The quantitative estimate of drug-likeness (QED) is 0.580. The highest BCUT2D eigenvalue weighted by Crippen LogP contribution is 2.19. The van der Waals surface area contributed by atoms with Gasteiger partial charge in [0.25, 0.3) is 0 Å². The van der Waals surface area contributed by atoms with Crippen molar-refractivity contribution in [2.45, 2.75) is 20.3 Å². The smallest absolute Gasteiger partial charge is 0.125 e. The molecule has 62 valence electrons. The first-order valence-electron chi connectivity index (χ1n) is 4.26. The third-order valence-corrected chi connectivity index (χ3v) is 2.14. The van der Waals surface area contributed by atoms with Crippen molar-refractivity contribution in [1.82, 2.24) is 9.97 Å². The maximum atomic E-state index is 4.40. The minimum absolute atomic E-state index is 0.617. The number of rotatable bonds is 0. The Labute approximate surface area is 72.4 Å². The van der Waals surface area contributed by atoms with Gasteiger partial charge in [-0.1, -0.05) is 19.1 Å². The molecular formula is C10H12N2. The Morgan fingerprint density at radius 3 is 3.17 bits per heavy atom. The summed E-state index contributed by atoms with van der Waals surface area (Å²) in [5.74, 6) is 1.49. The van der Waals surface area contributed by atoms with Crippen molar-refractivity contribution in [2.24, 2.45) is 5.92 Å². The average Bonchev–Trinajstić information content (AvgIpc) is 2.03. The summed E-state index contributed by atoms with van der Waals surface area (Å²) in [7, 11) is 0. The molecule has 0 bridgehead atoms. The fourth-order valence-electron chi connectivity index (χ4n) is 1.47. The second-order valence-electron chi connectivity index (χ2n) is 3.36. The molecule has 0 aliphatic heterocycles. The lowest BCUT2D eigenvalue weighted by molar-refractivity contribution is 0.692. The molecule has 1 aromatic rings. The largest absolute Gasteiger partial charge is 0.241 e. The Hall–Kier alpha value is -1.18. The zero-order chi connectivity index (χ0) is 8.55. The van der Waals surface area contributed by atoms with Crippen molar-refractivity contribution in [3.05, 3.63) is 29.4 Å². The molecule has 1 aromatic heterocycles. The molecule has 0 fully saturated rings. The van der Waals surface area contributed by atoms with Gasteiger partial charge in [-0.3, -0.25) is 0 Å². The van der Waals surface area contributed by atoms with Crippen LogP contribution < -0.4 is 0 Å². The van der Waals surface area contributed by atoms with Gasteiger partial charge < -0.3 is 0 Å². The Morgan fingerprint density at radius 1 is 1.50 bits per heavy atom. The fraction of sp³-hybridized carbons (Fsp3) is 0.400. The maximum Gasteiger partial charge on any atom is 0.125 e. The van der Waals surface area contributed by atoms with Gasteiger partial charge >= 0.3 is 0 Å². The number of hydrogen-bond donors (Lipinski definition) is 0. The molecule has 1 aliphatic rings. The van der Waals surface area contributed by atoms with Gasteiger partial charge in [-0.15, -0.1) is 0 Å². The standard InChI is InChI=1S/C10H12N2/c1-7-3-4-9-6-11-8(2)12-10(9)5-7/h3-4,6-7H,5H2,1-2H3. The van der Waals surface area contributed by atoms with E-state index in [9.17, 15) is 0 Å². The third-order valence-electron chi connectivity index (χ3n) is 2.14. The molecule has 2 heteroatoms. The summed E-state index contributed by atoms with van der Waals surface area (Å²) < 4.78 is 0. The third kappa shape index (κ3) is 1.24. The molecular weight excluding hydrogens is 148 g/mol. The van der Waals surface area contributed by atoms with Crippen LogP contribution in [0.15, 0.2) is 12.3 Å². The van der Waals surface area contributed by atoms with Crippen molar-refractivity contribution < 1.29 is 0 Å². The van der Waals surface area contributed by atoms with Gasteiger partial charge in [0.15, 0.2) is 0 Å². The predicted molar refractivity (Wildman–Crippen MR) is 48.7 cm³/mol. The molecule has 2 nitrogen and oxygen atoms in total. The topological polar surface area (TPSA) is 25.8 Å². The second kappa shape index (κ2) is 2.70. The average molecular weight is 160 g/mol. The van der Waals surface area contributed by atoms with Gasteiger partial charge in [0.1, 0.15) is 5.82 Å². The van der Waals surface area contributed by atoms with Gasteiger partial charge in [-0.05, 0) is 19.3 Å². The predicted octanol–water partition coefficient (Wildman–Crippen LogP) is 1.99. The summed E-state index contributed by atoms with van der Waals surface area (Å²) in [4.78, 5) is 8.56. The molecule has 2 rings (SSSR count). The van der Waals surface area contributed by atoms with Crippen LogP contribution in [0.25, 0.3) is 6.08 Å². The summed E-state index contributed by atoms with van der Waals surface area (Å²) in [5.41, 5.74) is 2.37. The van der Waals surface area contributed by atoms with E-state index in [1.807, 2.05) is 13.1 Å². The lowest BCUT2D eigenvalue weighted by Crippen LogP contribution is -2.07. The zero-order valence-electron chi connectivity index (χ0n) is 7.41. The van der Waals surface area contributed by atoms with Gasteiger partial charge in [-0.2, -0.15) is 0 Å². The van der Waals surface area contributed by atoms with Gasteiger partial charge in [0.05, 0.1) is 5.69 Å². The van der Waals surface area contributed by atoms with Crippen molar-refractivity contribution >= 4 is 6.08 Å². The minimum Gasteiger partial charge on any atom is -0.241 e. The Balaban J connectivity index is 2.47. The number of fused-ring (bicyclic) bond motifs is 1. The summed E-state index contributed by atoms with van der Waals surface area (Å²) in [6, 6.07) is 0. The maximum absolute atomic E-state index is 4.40. The fourth-order valence-corrected chi connectivity index (χ4v) is 1.47. The summed E-state index contributed by atoms with van der Waals surface area (Å²) >= 11 is 0. The van der Waals surface area contributed by atoms with Crippen LogP contribution in [0.2, 0.25) is 0 Å². The van der Waals surface area contributed by atoms with Crippen LogP contribution in [0.3, 0.4) is 0 Å². The van der Waals surface area contributed by atoms with E-state index in [1.54, 1.807) is 0 Å². The van der Waals surface area contributed by atoms with Gasteiger partial charge in [0, 0.05) is 11.8 Å². The molecule has 0 saturated heterocycles. The molecule has 1 unspecified atom stereocenters. The molecule has 12 heavy (non-hydrogen) atoms. The first kappa shape index (κ1) is 7.47. The Kier molecular flexibility index (Phi) is 1.68. The normalized spacial score (nSPS) is 20.7. The van der Waals surface area contributed by atoms with E-state index in [4.69, 9.17) is 0 Å². The van der Waals surface area contributed by atoms with E-state index in [0.29, 0.717) is 5.92 Å². The lowest BCUT2D eigenvalue weighted by Gasteiger charge is -2.13. The van der Waals surface area contributed by atoms with Crippen LogP contribution in [-0.2, 0) is 6.42 Å². The molecule has 0 aromatic carbocycles. The Morgan fingerprint density at radius 2 is 2.33 bits per heavy atom. The van der Waals surface area contributed by atoms with Crippen LogP contribution in [-0.4, -0.2) is 9.97 Å². The SMILES string of the molecule is Cc1ncc2c(n1)CC(C)C=C2. The highest BCUT2D eigenvalue weighted by atomic mass is 14.9. The monoisotopic (exact) mass is 160 g/mol. The highest BCUT2D eigenvalue weighted by Gasteiger charge is 2.11. The molecule has 0 saturated carbocycles. The van der Waals surface area contributed by atoms with Gasteiger partial charge in [0.2, 0.25) is 0 Å². The first-order valence-corrected chi connectivity index (χ1v) is 4.26. The van der Waals surface area contributed by atoms with Crippen molar-refractivity contribution in [3.8, 4) is 0 Å². The zero-order valence-corrected chi connectivity index (χ0v) is 7.41. The molecule has 0 spiro atoms.